The Hall–Kier alpha value is -2.73. The molecule has 0 saturated carbocycles. The summed E-state index contributed by atoms with van der Waals surface area (Å²) in [6, 6.07) is 9.87. The van der Waals surface area contributed by atoms with E-state index in [-0.39, 0.29) is 18.1 Å². The van der Waals surface area contributed by atoms with Crippen LogP contribution in [0.4, 0.5) is 0 Å². The molecule has 0 amide bonds. The van der Waals surface area contributed by atoms with Gasteiger partial charge in [-0.15, -0.1) is 0 Å². The summed E-state index contributed by atoms with van der Waals surface area (Å²) >= 11 is 5.86. The molecule has 0 atom stereocenters. The lowest BCUT2D eigenvalue weighted by molar-refractivity contribution is -0.116. The average Bonchev–Trinajstić information content (AvgIpc) is 2.92. The van der Waals surface area contributed by atoms with Crippen molar-refractivity contribution in [3.63, 3.8) is 0 Å². The van der Waals surface area contributed by atoms with E-state index in [9.17, 15) is 9.59 Å². The topological polar surface area (TPSA) is 74.1 Å². The molecule has 0 saturated heterocycles. The molecule has 0 bridgehead atoms. The van der Waals surface area contributed by atoms with Crippen LogP contribution >= 0.6 is 11.6 Å². The first-order valence-electron chi connectivity index (χ1n) is 7.22. The second kappa shape index (κ2) is 6.41. The predicted octanol–water partition coefficient (Wildman–Crippen LogP) is 2.91. The minimum absolute atomic E-state index is 0.0647. The number of carbonyl (C=O) groups excluding carboxylic acids is 2. The smallest absolute Gasteiger partial charge is 0.278 e. The van der Waals surface area contributed by atoms with Gasteiger partial charge in [-0.2, -0.15) is 9.78 Å². The molecule has 0 N–H and O–H groups in total. The number of benzene rings is 1. The van der Waals surface area contributed by atoms with Crippen molar-refractivity contribution in [1.29, 1.82) is 0 Å². The van der Waals surface area contributed by atoms with Gasteiger partial charge < -0.3 is 4.74 Å². The van der Waals surface area contributed by atoms with Crippen LogP contribution in [0.3, 0.4) is 0 Å². The average molecular weight is 344 g/mol. The summed E-state index contributed by atoms with van der Waals surface area (Å²) in [6.45, 7) is 1.46. The number of hydrogen-bond donors (Lipinski definition) is 0. The summed E-state index contributed by atoms with van der Waals surface area (Å²) in [5.74, 6) is 0.00865. The van der Waals surface area contributed by atoms with Crippen LogP contribution < -0.4 is 4.74 Å². The summed E-state index contributed by atoms with van der Waals surface area (Å²) in [7, 11) is 1.50. The van der Waals surface area contributed by atoms with Gasteiger partial charge in [0.2, 0.25) is 5.88 Å². The van der Waals surface area contributed by atoms with Crippen molar-refractivity contribution in [2.24, 2.45) is 0 Å². The standard InChI is InChI=1S/C17H14ClN3O3/c1-10(22)9-13-16-14(7-8-15(19-16)24-2)21(20-13)17(23)11-3-5-12(18)6-4-11/h3-8H,9H2,1-2H3. The molecule has 7 heteroatoms. The molecule has 0 unspecified atom stereocenters. The quantitative estimate of drug-likeness (QED) is 0.728. The summed E-state index contributed by atoms with van der Waals surface area (Å²) < 4.78 is 6.37. The largest absolute Gasteiger partial charge is 0.481 e. The summed E-state index contributed by atoms with van der Waals surface area (Å²) in [5.41, 5.74) is 1.88. The molecular weight excluding hydrogens is 330 g/mol. The lowest BCUT2D eigenvalue weighted by Gasteiger charge is -2.03. The third-order valence-electron chi connectivity index (χ3n) is 3.48. The maximum Gasteiger partial charge on any atom is 0.278 e. The van der Waals surface area contributed by atoms with E-state index in [1.165, 1.54) is 18.7 Å². The van der Waals surface area contributed by atoms with E-state index < -0.39 is 0 Å². The maximum atomic E-state index is 12.7. The van der Waals surface area contributed by atoms with Crippen molar-refractivity contribution in [3.8, 4) is 5.88 Å². The van der Waals surface area contributed by atoms with Crippen LogP contribution in [0.1, 0.15) is 23.0 Å². The van der Waals surface area contributed by atoms with E-state index in [1.54, 1.807) is 36.4 Å². The monoisotopic (exact) mass is 343 g/mol. The number of halogens is 1. The van der Waals surface area contributed by atoms with Gasteiger partial charge in [-0.25, -0.2) is 4.98 Å². The Kier molecular flexibility index (Phi) is 4.31. The van der Waals surface area contributed by atoms with Gasteiger partial charge in [0, 0.05) is 16.7 Å². The van der Waals surface area contributed by atoms with Crippen LogP contribution in [0.2, 0.25) is 5.02 Å². The maximum absolute atomic E-state index is 12.7. The Morgan fingerprint density at radius 1 is 1.17 bits per heavy atom. The predicted molar refractivity (Wildman–Crippen MR) is 89.6 cm³/mol. The Bertz CT molecular complexity index is 932. The fraction of sp³-hybridized carbons (Fsp3) is 0.176. The van der Waals surface area contributed by atoms with Crippen LogP contribution in [-0.4, -0.2) is 33.6 Å². The third-order valence-corrected chi connectivity index (χ3v) is 3.73. The minimum Gasteiger partial charge on any atom is -0.481 e. The van der Waals surface area contributed by atoms with Crippen molar-refractivity contribution < 1.29 is 14.3 Å². The van der Waals surface area contributed by atoms with Gasteiger partial charge in [-0.3, -0.25) is 9.59 Å². The van der Waals surface area contributed by atoms with Gasteiger partial charge in [-0.1, -0.05) is 11.6 Å². The highest BCUT2D eigenvalue weighted by atomic mass is 35.5. The molecule has 0 aliphatic rings. The van der Waals surface area contributed by atoms with Gasteiger partial charge >= 0.3 is 0 Å². The number of Topliss-reactive ketones (excluding diaryl/α,β-unsaturated/α-hetero) is 1. The first kappa shape index (κ1) is 16.1. The molecule has 3 aromatic rings. The lowest BCUT2D eigenvalue weighted by atomic mass is 10.2. The lowest BCUT2D eigenvalue weighted by Crippen LogP contribution is -2.14. The van der Waals surface area contributed by atoms with Crippen molar-refractivity contribution in [2.45, 2.75) is 13.3 Å². The summed E-state index contributed by atoms with van der Waals surface area (Å²) in [6.07, 6.45) is 0.0948. The molecular formula is C17H14ClN3O3. The number of hydrogen-bond acceptors (Lipinski definition) is 5. The molecule has 3 rings (SSSR count). The molecule has 24 heavy (non-hydrogen) atoms. The zero-order valence-corrected chi connectivity index (χ0v) is 13.9. The van der Waals surface area contributed by atoms with Crippen LogP contribution in [0.5, 0.6) is 5.88 Å². The van der Waals surface area contributed by atoms with Crippen LogP contribution in [0, 0.1) is 0 Å². The van der Waals surface area contributed by atoms with E-state index in [4.69, 9.17) is 16.3 Å². The van der Waals surface area contributed by atoms with Crippen LogP contribution in [-0.2, 0) is 11.2 Å². The fourth-order valence-corrected chi connectivity index (χ4v) is 2.50. The zero-order chi connectivity index (χ0) is 17.3. The van der Waals surface area contributed by atoms with Crippen molar-refractivity contribution in [3.05, 3.63) is 52.7 Å². The van der Waals surface area contributed by atoms with E-state index in [1.807, 2.05) is 0 Å². The number of carbonyl (C=O) groups is 2. The van der Waals surface area contributed by atoms with E-state index >= 15 is 0 Å². The first-order valence-corrected chi connectivity index (χ1v) is 7.59. The fourth-order valence-electron chi connectivity index (χ4n) is 2.38. The van der Waals surface area contributed by atoms with Crippen LogP contribution in [0.15, 0.2) is 36.4 Å². The number of pyridine rings is 1. The first-order chi connectivity index (χ1) is 11.5. The second-order valence-corrected chi connectivity index (χ2v) is 5.71. The number of ketones is 1. The van der Waals surface area contributed by atoms with E-state index in [2.05, 4.69) is 10.1 Å². The molecule has 1 aromatic carbocycles. The number of methoxy groups -OCH3 is 1. The molecule has 2 heterocycles. The Labute approximate surface area is 143 Å². The molecule has 0 aliphatic carbocycles. The summed E-state index contributed by atoms with van der Waals surface area (Å²) in [5, 5.41) is 4.84. The van der Waals surface area contributed by atoms with Crippen molar-refractivity contribution in [2.75, 3.05) is 7.11 Å². The van der Waals surface area contributed by atoms with Gasteiger partial charge in [0.1, 0.15) is 11.3 Å². The van der Waals surface area contributed by atoms with Crippen molar-refractivity contribution in [1.82, 2.24) is 14.8 Å². The SMILES string of the molecule is COc1ccc2c(n1)c(CC(C)=O)nn2C(=O)c1ccc(Cl)cc1. The Balaban J connectivity index is 2.15. The van der Waals surface area contributed by atoms with E-state index in [0.717, 1.165) is 0 Å². The second-order valence-electron chi connectivity index (χ2n) is 5.27. The highest BCUT2D eigenvalue weighted by Gasteiger charge is 2.19. The Morgan fingerprint density at radius 2 is 1.88 bits per heavy atom. The highest BCUT2D eigenvalue weighted by Crippen LogP contribution is 2.22. The van der Waals surface area contributed by atoms with Crippen LogP contribution in [0.25, 0.3) is 11.0 Å². The number of rotatable bonds is 4. The molecule has 6 nitrogen and oxygen atoms in total. The molecule has 0 radical (unpaired) electrons. The summed E-state index contributed by atoms with van der Waals surface area (Å²) in [4.78, 5) is 28.6. The normalized spacial score (nSPS) is 10.8. The molecule has 0 aliphatic heterocycles. The number of fused-ring (bicyclic) bond motifs is 1. The molecule has 122 valence electrons. The number of ether oxygens (including phenoxy) is 1. The van der Waals surface area contributed by atoms with Gasteiger partial charge in [-0.05, 0) is 37.3 Å². The van der Waals surface area contributed by atoms with Gasteiger partial charge in [0.05, 0.1) is 24.7 Å². The number of aromatic nitrogens is 3. The highest BCUT2D eigenvalue weighted by molar-refractivity contribution is 6.30. The molecule has 0 fully saturated rings. The molecule has 0 spiro atoms. The van der Waals surface area contributed by atoms with E-state index in [0.29, 0.717) is 33.2 Å². The zero-order valence-electron chi connectivity index (χ0n) is 13.1. The van der Waals surface area contributed by atoms with Gasteiger partial charge in [0.25, 0.3) is 5.91 Å². The Morgan fingerprint density at radius 3 is 2.50 bits per heavy atom. The number of nitrogens with zero attached hydrogens (tertiary/aromatic N) is 3. The van der Waals surface area contributed by atoms with Crippen molar-refractivity contribution >= 4 is 34.3 Å². The minimum atomic E-state index is -0.321. The third kappa shape index (κ3) is 3.00. The molecule has 2 aromatic heterocycles. The van der Waals surface area contributed by atoms with Gasteiger partial charge in [0.15, 0.2) is 0 Å².